The van der Waals surface area contributed by atoms with Crippen LogP contribution in [-0.2, 0) is 4.79 Å². The van der Waals surface area contributed by atoms with Gasteiger partial charge in [0.25, 0.3) is 5.91 Å². The second-order valence-electron chi connectivity index (χ2n) is 5.03. The van der Waals surface area contributed by atoms with Crippen LogP contribution >= 0.6 is 0 Å². The average Bonchev–Trinajstić information content (AvgIpc) is 2.75. The Hall–Kier alpha value is -2.82. The van der Waals surface area contributed by atoms with Gasteiger partial charge in [-0.25, -0.2) is 9.69 Å². The molecule has 106 valence electrons. The number of amides is 3. The van der Waals surface area contributed by atoms with Crippen molar-refractivity contribution in [2.75, 3.05) is 22.1 Å². The normalized spacial score (nSPS) is 14.9. The molecular weight excluding hydrogens is 266 g/mol. The van der Waals surface area contributed by atoms with Crippen LogP contribution in [0.4, 0.5) is 21.9 Å². The minimum Gasteiger partial charge on any atom is -0.399 e. The molecule has 5 heteroatoms. The number of hydrogen-bond donors (Lipinski definition) is 1. The highest BCUT2D eigenvalue weighted by molar-refractivity contribution is 6.27. The fourth-order valence-corrected chi connectivity index (χ4v) is 2.35. The molecule has 0 unspecified atom stereocenters. The number of carbonyl (C=O) groups excluding carboxylic acids is 2. The molecule has 0 aromatic heterocycles. The number of hydrogen-bond acceptors (Lipinski definition) is 3. The predicted octanol–water partition coefficient (Wildman–Crippen LogP) is 2.55. The van der Waals surface area contributed by atoms with Gasteiger partial charge in [0.1, 0.15) is 6.54 Å². The fourth-order valence-electron chi connectivity index (χ4n) is 2.35. The highest BCUT2D eigenvalue weighted by Crippen LogP contribution is 2.27. The number of benzene rings is 2. The lowest BCUT2D eigenvalue weighted by Gasteiger charge is -2.17. The monoisotopic (exact) mass is 281 g/mol. The van der Waals surface area contributed by atoms with Gasteiger partial charge in [-0.2, -0.15) is 0 Å². The number of nitrogens with zero attached hydrogens (tertiary/aromatic N) is 2. The Labute approximate surface area is 122 Å². The number of nitrogen functional groups attached to an aromatic ring is 1. The van der Waals surface area contributed by atoms with Crippen molar-refractivity contribution in [2.24, 2.45) is 0 Å². The van der Waals surface area contributed by atoms with Crippen LogP contribution in [0.25, 0.3) is 0 Å². The van der Waals surface area contributed by atoms with E-state index in [4.69, 9.17) is 5.73 Å². The van der Waals surface area contributed by atoms with Crippen LogP contribution in [0.15, 0.2) is 48.5 Å². The van der Waals surface area contributed by atoms with Gasteiger partial charge in [0.15, 0.2) is 0 Å². The van der Waals surface area contributed by atoms with Crippen LogP contribution in [0.1, 0.15) is 5.56 Å². The first kappa shape index (κ1) is 13.2. The Kier molecular flexibility index (Phi) is 3.10. The third-order valence-electron chi connectivity index (χ3n) is 3.44. The van der Waals surface area contributed by atoms with Crippen molar-refractivity contribution < 1.29 is 9.59 Å². The van der Waals surface area contributed by atoms with E-state index in [0.29, 0.717) is 17.1 Å². The first-order valence-corrected chi connectivity index (χ1v) is 6.63. The van der Waals surface area contributed by atoms with Gasteiger partial charge in [0.2, 0.25) is 0 Å². The number of aryl methyl sites for hydroxylation is 1. The van der Waals surface area contributed by atoms with Gasteiger partial charge in [0, 0.05) is 11.4 Å². The summed E-state index contributed by atoms with van der Waals surface area (Å²) < 4.78 is 0. The zero-order valence-electron chi connectivity index (χ0n) is 11.6. The molecule has 0 radical (unpaired) electrons. The lowest BCUT2D eigenvalue weighted by atomic mass is 10.2. The highest BCUT2D eigenvalue weighted by atomic mass is 16.2. The smallest absolute Gasteiger partial charge is 0.336 e. The van der Waals surface area contributed by atoms with Crippen molar-refractivity contribution in [3.05, 3.63) is 54.1 Å². The van der Waals surface area contributed by atoms with E-state index in [1.54, 1.807) is 24.3 Å². The number of urea groups is 1. The molecule has 1 aliphatic heterocycles. The van der Waals surface area contributed by atoms with E-state index in [2.05, 4.69) is 0 Å². The molecule has 1 saturated heterocycles. The zero-order chi connectivity index (χ0) is 15.0. The molecule has 0 saturated carbocycles. The van der Waals surface area contributed by atoms with Gasteiger partial charge < -0.3 is 5.73 Å². The maximum Gasteiger partial charge on any atom is 0.336 e. The number of nitrogens with two attached hydrogens (primary N) is 1. The molecular formula is C16H15N3O2. The van der Waals surface area contributed by atoms with Crippen LogP contribution in [-0.4, -0.2) is 18.5 Å². The molecule has 0 bridgehead atoms. The lowest BCUT2D eigenvalue weighted by Crippen LogP contribution is -2.33. The Bertz CT molecular complexity index is 710. The molecule has 3 amide bonds. The van der Waals surface area contributed by atoms with Gasteiger partial charge in [-0.1, -0.05) is 23.8 Å². The number of rotatable bonds is 2. The van der Waals surface area contributed by atoms with E-state index in [1.807, 2.05) is 31.2 Å². The first-order valence-electron chi connectivity index (χ1n) is 6.63. The van der Waals surface area contributed by atoms with E-state index in [1.165, 1.54) is 4.90 Å². The maximum absolute atomic E-state index is 12.5. The van der Waals surface area contributed by atoms with E-state index in [-0.39, 0.29) is 18.5 Å². The topological polar surface area (TPSA) is 66.6 Å². The number of imide groups is 1. The summed E-state index contributed by atoms with van der Waals surface area (Å²) in [6.45, 7) is 2.01. The maximum atomic E-state index is 12.5. The predicted molar refractivity (Wildman–Crippen MR) is 82.3 cm³/mol. The van der Waals surface area contributed by atoms with Crippen LogP contribution in [0.2, 0.25) is 0 Å². The van der Waals surface area contributed by atoms with Gasteiger partial charge in [-0.05, 0) is 37.3 Å². The number of anilines is 3. The Morgan fingerprint density at radius 2 is 1.71 bits per heavy atom. The summed E-state index contributed by atoms with van der Waals surface area (Å²) in [6, 6.07) is 13.9. The molecule has 0 atom stereocenters. The lowest BCUT2D eigenvalue weighted by molar-refractivity contribution is -0.115. The standard InChI is InChI=1S/C16H15N3O2/c1-11-5-7-13(8-6-11)18-10-15(20)19(16(18)21)14-4-2-3-12(17)9-14/h2-9H,10,17H2,1H3. The summed E-state index contributed by atoms with van der Waals surface area (Å²) in [6.07, 6.45) is 0. The summed E-state index contributed by atoms with van der Waals surface area (Å²) in [5.74, 6) is -0.258. The van der Waals surface area contributed by atoms with Crippen molar-refractivity contribution in [3.63, 3.8) is 0 Å². The summed E-state index contributed by atoms with van der Waals surface area (Å²) in [4.78, 5) is 27.3. The quantitative estimate of drug-likeness (QED) is 0.679. The molecule has 2 aromatic rings. The van der Waals surface area contributed by atoms with Crippen LogP contribution in [0, 0.1) is 6.92 Å². The largest absolute Gasteiger partial charge is 0.399 e. The van der Waals surface area contributed by atoms with Crippen LogP contribution < -0.4 is 15.5 Å². The Morgan fingerprint density at radius 3 is 2.38 bits per heavy atom. The van der Waals surface area contributed by atoms with Crippen molar-refractivity contribution in [1.29, 1.82) is 0 Å². The minimum atomic E-state index is -0.352. The van der Waals surface area contributed by atoms with Crippen molar-refractivity contribution in [3.8, 4) is 0 Å². The molecule has 21 heavy (non-hydrogen) atoms. The van der Waals surface area contributed by atoms with E-state index in [9.17, 15) is 9.59 Å². The molecule has 2 N–H and O–H groups in total. The van der Waals surface area contributed by atoms with Crippen molar-refractivity contribution in [1.82, 2.24) is 0 Å². The summed E-state index contributed by atoms with van der Waals surface area (Å²) >= 11 is 0. The zero-order valence-corrected chi connectivity index (χ0v) is 11.6. The third kappa shape index (κ3) is 2.33. The van der Waals surface area contributed by atoms with Crippen LogP contribution in [0.3, 0.4) is 0 Å². The first-order chi connectivity index (χ1) is 10.1. The SMILES string of the molecule is Cc1ccc(N2CC(=O)N(c3cccc(N)c3)C2=O)cc1. The third-order valence-corrected chi connectivity index (χ3v) is 3.44. The summed E-state index contributed by atoms with van der Waals surface area (Å²) in [7, 11) is 0. The second-order valence-corrected chi connectivity index (χ2v) is 5.03. The molecule has 5 nitrogen and oxygen atoms in total. The van der Waals surface area contributed by atoms with Gasteiger partial charge >= 0.3 is 6.03 Å². The summed E-state index contributed by atoms with van der Waals surface area (Å²) in [5.41, 5.74) is 8.55. The molecule has 0 spiro atoms. The van der Waals surface area contributed by atoms with Gasteiger partial charge in [-0.15, -0.1) is 0 Å². The van der Waals surface area contributed by atoms with E-state index in [0.717, 1.165) is 10.5 Å². The molecule has 1 heterocycles. The number of carbonyl (C=O) groups is 2. The molecule has 2 aromatic carbocycles. The van der Waals surface area contributed by atoms with E-state index >= 15 is 0 Å². The minimum absolute atomic E-state index is 0.0384. The molecule has 0 aliphatic carbocycles. The second kappa shape index (κ2) is 4.94. The van der Waals surface area contributed by atoms with Crippen molar-refractivity contribution in [2.45, 2.75) is 6.92 Å². The highest BCUT2D eigenvalue weighted by Gasteiger charge is 2.37. The van der Waals surface area contributed by atoms with Crippen LogP contribution in [0.5, 0.6) is 0 Å². The molecule has 3 rings (SSSR count). The average molecular weight is 281 g/mol. The Balaban J connectivity index is 1.94. The molecule has 1 aliphatic rings. The van der Waals surface area contributed by atoms with Crippen molar-refractivity contribution >= 4 is 29.0 Å². The summed E-state index contributed by atoms with van der Waals surface area (Å²) in [5, 5.41) is 0. The van der Waals surface area contributed by atoms with Gasteiger partial charge in [-0.3, -0.25) is 9.69 Å². The van der Waals surface area contributed by atoms with Gasteiger partial charge in [0.05, 0.1) is 5.69 Å². The Morgan fingerprint density at radius 1 is 1.00 bits per heavy atom. The van der Waals surface area contributed by atoms with E-state index < -0.39 is 0 Å². The molecule has 1 fully saturated rings. The fraction of sp³-hybridized carbons (Fsp3) is 0.125.